The maximum atomic E-state index is 12.4. The molecule has 0 bridgehead atoms. The van der Waals surface area contributed by atoms with Gasteiger partial charge in [0.2, 0.25) is 5.91 Å². The Balaban J connectivity index is 1.71. The first-order chi connectivity index (χ1) is 11.6. The number of aromatic nitrogens is 2. The van der Waals surface area contributed by atoms with E-state index in [9.17, 15) is 9.59 Å². The fourth-order valence-electron chi connectivity index (χ4n) is 2.35. The van der Waals surface area contributed by atoms with E-state index >= 15 is 0 Å². The molecule has 0 atom stereocenters. The second-order valence-corrected chi connectivity index (χ2v) is 6.92. The van der Waals surface area contributed by atoms with Crippen molar-refractivity contribution >= 4 is 39.1 Å². The number of carbonyl (C=O) groups excluding carboxylic acids is 1. The summed E-state index contributed by atoms with van der Waals surface area (Å²) in [6, 6.07) is 9.13. The van der Waals surface area contributed by atoms with Gasteiger partial charge in [0.25, 0.3) is 5.56 Å². The number of aryl methyl sites for hydroxylation is 1. The fourth-order valence-corrected chi connectivity index (χ4v) is 3.49. The third-order valence-corrected chi connectivity index (χ3v) is 5.03. The number of carbonyl (C=O) groups is 1. The molecule has 1 N–H and O–H groups in total. The van der Waals surface area contributed by atoms with E-state index in [-0.39, 0.29) is 18.0 Å². The van der Waals surface area contributed by atoms with Crippen LogP contribution in [0.3, 0.4) is 0 Å². The van der Waals surface area contributed by atoms with Crippen molar-refractivity contribution in [3.8, 4) is 0 Å². The van der Waals surface area contributed by atoms with Gasteiger partial charge in [-0.1, -0.05) is 30.7 Å². The quantitative estimate of drug-likeness (QED) is 0.759. The normalized spacial score (nSPS) is 10.9. The van der Waals surface area contributed by atoms with Gasteiger partial charge in [-0.2, -0.15) is 0 Å². The highest BCUT2D eigenvalue weighted by atomic mass is 35.5. The van der Waals surface area contributed by atoms with Gasteiger partial charge in [0, 0.05) is 16.4 Å². The summed E-state index contributed by atoms with van der Waals surface area (Å²) in [6.07, 6.45) is 2.29. The summed E-state index contributed by atoms with van der Waals surface area (Å²) in [4.78, 5) is 30.6. The third kappa shape index (κ3) is 3.66. The van der Waals surface area contributed by atoms with E-state index in [4.69, 9.17) is 11.6 Å². The van der Waals surface area contributed by atoms with Gasteiger partial charge in [-0.15, -0.1) is 11.3 Å². The van der Waals surface area contributed by atoms with Crippen LogP contribution in [0.1, 0.15) is 17.4 Å². The van der Waals surface area contributed by atoms with Crippen LogP contribution in [0.5, 0.6) is 0 Å². The average molecular weight is 362 g/mol. The van der Waals surface area contributed by atoms with Crippen LogP contribution in [-0.2, 0) is 24.3 Å². The van der Waals surface area contributed by atoms with Gasteiger partial charge in [-0.25, -0.2) is 4.98 Å². The molecule has 1 amide bonds. The van der Waals surface area contributed by atoms with Crippen molar-refractivity contribution in [1.82, 2.24) is 14.9 Å². The minimum Gasteiger partial charge on any atom is -0.350 e. The van der Waals surface area contributed by atoms with Gasteiger partial charge >= 0.3 is 0 Å². The highest BCUT2D eigenvalue weighted by Crippen LogP contribution is 2.20. The zero-order valence-electron chi connectivity index (χ0n) is 13.1. The van der Waals surface area contributed by atoms with Crippen molar-refractivity contribution in [1.29, 1.82) is 0 Å². The van der Waals surface area contributed by atoms with Crippen LogP contribution in [0.2, 0.25) is 5.02 Å². The smallest absolute Gasteiger partial charge is 0.262 e. The highest BCUT2D eigenvalue weighted by Gasteiger charge is 2.10. The summed E-state index contributed by atoms with van der Waals surface area (Å²) in [5.74, 6) is -0.246. The Morgan fingerprint density at radius 2 is 2.21 bits per heavy atom. The van der Waals surface area contributed by atoms with Crippen LogP contribution in [0.4, 0.5) is 0 Å². The van der Waals surface area contributed by atoms with Crippen molar-refractivity contribution in [3.05, 3.63) is 62.5 Å². The molecule has 24 heavy (non-hydrogen) atoms. The van der Waals surface area contributed by atoms with E-state index in [0.717, 1.165) is 16.9 Å². The van der Waals surface area contributed by atoms with Crippen LogP contribution in [0, 0.1) is 0 Å². The molecule has 5 nitrogen and oxygen atoms in total. The topological polar surface area (TPSA) is 64.0 Å². The number of amides is 1. The maximum Gasteiger partial charge on any atom is 0.262 e. The Labute approximate surface area is 147 Å². The first-order valence-electron chi connectivity index (χ1n) is 7.56. The number of rotatable bonds is 5. The number of thiophene rings is 1. The highest BCUT2D eigenvalue weighted by molar-refractivity contribution is 7.18. The second kappa shape index (κ2) is 7.15. The summed E-state index contributed by atoms with van der Waals surface area (Å²) in [5.41, 5.74) is 0.719. The monoisotopic (exact) mass is 361 g/mol. The Hall–Kier alpha value is -2.18. The number of benzene rings is 1. The molecule has 3 rings (SSSR count). The van der Waals surface area contributed by atoms with Gasteiger partial charge in [0.1, 0.15) is 11.4 Å². The zero-order chi connectivity index (χ0) is 17.1. The first kappa shape index (κ1) is 16.7. The molecule has 124 valence electrons. The molecule has 0 fully saturated rings. The van der Waals surface area contributed by atoms with Crippen molar-refractivity contribution < 1.29 is 4.79 Å². The van der Waals surface area contributed by atoms with E-state index < -0.39 is 0 Å². The molecular formula is C17H16ClN3O2S. The Morgan fingerprint density at radius 3 is 2.96 bits per heavy atom. The molecule has 0 radical (unpaired) electrons. The van der Waals surface area contributed by atoms with Gasteiger partial charge in [0.15, 0.2) is 0 Å². The number of fused-ring (bicyclic) bond motifs is 1. The summed E-state index contributed by atoms with van der Waals surface area (Å²) in [5, 5.41) is 3.98. The molecule has 0 saturated carbocycles. The van der Waals surface area contributed by atoms with Crippen molar-refractivity contribution in [2.45, 2.75) is 26.4 Å². The maximum absolute atomic E-state index is 12.4. The average Bonchev–Trinajstić information content (AvgIpc) is 3.00. The number of halogens is 1. The lowest BCUT2D eigenvalue weighted by Crippen LogP contribution is -2.32. The summed E-state index contributed by atoms with van der Waals surface area (Å²) in [6.45, 7) is 2.34. The van der Waals surface area contributed by atoms with E-state index in [1.54, 1.807) is 12.1 Å². The van der Waals surface area contributed by atoms with E-state index in [1.165, 1.54) is 22.2 Å². The Morgan fingerprint density at radius 1 is 1.38 bits per heavy atom. The molecule has 0 aliphatic heterocycles. The standard InChI is InChI=1S/C17H16ClN3O2S/c1-2-13-7-14-16(24-13)20-10-21(17(14)23)9-15(22)19-8-11-4-3-5-12(18)6-11/h3-7,10H,2,8-9H2,1H3,(H,19,22). The molecule has 1 aromatic carbocycles. The summed E-state index contributed by atoms with van der Waals surface area (Å²) in [7, 11) is 0. The lowest BCUT2D eigenvalue weighted by Gasteiger charge is -2.07. The Bertz CT molecular complexity index is 948. The van der Waals surface area contributed by atoms with Gasteiger partial charge < -0.3 is 5.32 Å². The molecule has 0 aliphatic carbocycles. The molecule has 0 unspecified atom stereocenters. The predicted molar refractivity (Wildman–Crippen MR) is 96.6 cm³/mol. The Kier molecular flexibility index (Phi) is 4.97. The molecule has 0 saturated heterocycles. The second-order valence-electron chi connectivity index (χ2n) is 5.37. The van der Waals surface area contributed by atoms with Crippen LogP contribution < -0.4 is 10.9 Å². The fraction of sp³-hybridized carbons (Fsp3) is 0.235. The van der Waals surface area contributed by atoms with Gasteiger partial charge in [-0.05, 0) is 30.2 Å². The van der Waals surface area contributed by atoms with E-state index in [0.29, 0.717) is 21.8 Å². The molecule has 2 aromatic heterocycles. The van der Waals surface area contributed by atoms with Crippen LogP contribution >= 0.6 is 22.9 Å². The molecule has 0 spiro atoms. The van der Waals surface area contributed by atoms with Crippen LogP contribution in [0.15, 0.2) is 41.5 Å². The number of hydrogen-bond donors (Lipinski definition) is 1. The summed E-state index contributed by atoms with van der Waals surface area (Å²) >= 11 is 7.43. The minimum absolute atomic E-state index is 0.0559. The number of nitrogens with zero attached hydrogens (tertiary/aromatic N) is 2. The lowest BCUT2D eigenvalue weighted by molar-refractivity contribution is -0.121. The zero-order valence-corrected chi connectivity index (χ0v) is 14.7. The number of nitrogens with one attached hydrogen (secondary N) is 1. The largest absolute Gasteiger partial charge is 0.350 e. The van der Waals surface area contributed by atoms with Crippen molar-refractivity contribution in [3.63, 3.8) is 0 Å². The van der Waals surface area contributed by atoms with Gasteiger partial charge in [0.05, 0.1) is 11.7 Å². The summed E-state index contributed by atoms with van der Waals surface area (Å²) < 4.78 is 1.34. The van der Waals surface area contributed by atoms with Crippen molar-refractivity contribution in [2.75, 3.05) is 0 Å². The van der Waals surface area contributed by atoms with Crippen LogP contribution in [-0.4, -0.2) is 15.5 Å². The third-order valence-electron chi connectivity index (χ3n) is 3.61. The number of hydrogen-bond acceptors (Lipinski definition) is 4. The molecule has 2 heterocycles. The minimum atomic E-state index is -0.246. The molecule has 3 aromatic rings. The van der Waals surface area contributed by atoms with Crippen LogP contribution in [0.25, 0.3) is 10.2 Å². The van der Waals surface area contributed by atoms with Gasteiger partial charge in [-0.3, -0.25) is 14.2 Å². The molecule has 0 aliphatic rings. The first-order valence-corrected chi connectivity index (χ1v) is 8.75. The van der Waals surface area contributed by atoms with E-state index in [2.05, 4.69) is 10.3 Å². The lowest BCUT2D eigenvalue weighted by atomic mass is 10.2. The predicted octanol–water partition coefficient (Wildman–Crippen LogP) is 2.99. The van der Waals surface area contributed by atoms with Crippen molar-refractivity contribution in [2.24, 2.45) is 0 Å². The SMILES string of the molecule is CCc1cc2c(=O)n(CC(=O)NCc3cccc(Cl)c3)cnc2s1. The van der Waals surface area contributed by atoms with E-state index in [1.807, 2.05) is 25.1 Å². The molecule has 7 heteroatoms. The molecular weight excluding hydrogens is 346 g/mol.